The summed E-state index contributed by atoms with van der Waals surface area (Å²) in [6.45, 7) is 3.88. The Morgan fingerprint density at radius 1 is 1.16 bits per heavy atom. The van der Waals surface area contributed by atoms with Crippen molar-refractivity contribution in [2.45, 2.75) is 51.5 Å². The Morgan fingerprint density at radius 3 is 2.26 bits per heavy atom. The molecule has 1 saturated heterocycles. The molecule has 0 aromatic rings. The number of hydrogen-bond acceptors (Lipinski definition) is 3. The Balaban J connectivity index is 1.82. The van der Waals surface area contributed by atoms with Crippen LogP contribution in [0.3, 0.4) is 0 Å². The molecule has 2 rings (SSSR count). The lowest BCUT2D eigenvalue weighted by molar-refractivity contribution is -0.132. The van der Waals surface area contributed by atoms with Crippen LogP contribution in [0, 0.1) is 11.3 Å². The first-order valence-corrected chi connectivity index (χ1v) is 7.32. The maximum Gasteiger partial charge on any atom is 0.226 e. The number of carbonyl (C=O) groups is 2. The van der Waals surface area contributed by atoms with Gasteiger partial charge in [-0.05, 0) is 51.6 Å². The SMILES string of the molecule is CC1(C(=O)NC2CCC(C(N)=O)CC2)CCNCC1. The molecule has 2 aliphatic rings. The molecular weight excluding hydrogens is 242 g/mol. The molecule has 0 bridgehead atoms. The van der Waals surface area contributed by atoms with Gasteiger partial charge in [-0.2, -0.15) is 0 Å². The Hall–Kier alpha value is -1.10. The van der Waals surface area contributed by atoms with Crippen molar-refractivity contribution in [2.75, 3.05) is 13.1 Å². The molecule has 2 fully saturated rings. The predicted octanol–water partition coefficient (Wildman–Crippen LogP) is 0.536. The van der Waals surface area contributed by atoms with Gasteiger partial charge in [0.25, 0.3) is 0 Å². The molecular formula is C14H25N3O2. The van der Waals surface area contributed by atoms with Gasteiger partial charge in [-0.25, -0.2) is 0 Å². The normalized spacial score (nSPS) is 30.6. The number of amides is 2. The van der Waals surface area contributed by atoms with E-state index in [1.54, 1.807) is 0 Å². The van der Waals surface area contributed by atoms with E-state index >= 15 is 0 Å². The van der Waals surface area contributed by atoms with E-state index in [1.165, 1.54) is 0 Å². The van der Waals surface area contributed by atoms with E-state index in [0.717, 1.165) is 51.6 Å². The first-order chi connectivity index (χ1) is 9.01. The number of rotatable bonds is 3. The van der Waals surface area contributed by atoms with Crippen molar-refractivity contribution in [1.82, 2.24) is 10.6 Å². The van der Waals surface area contributed by atoms with Crippen LogP contribution in [0.2, 0.25) is 0 Å². The van der Waals surface area contributed by atoms with E-state index in [4.69, 9.17) is 5.73 Å². The van der Waals surface area contributed by atoms with Gasteiger partial charge >= 0.3 is 0 Å². The van der Waals surface area contributed by atoms with Crippen molar-refractivity contribution in [2.24, 2.45) is 17.1 Å². The number of primary amides is 1. The fraction of sp³-hybridized carbons (Fsp3) is 0.857. The third kappa shape index (κ3) is 3.47. The molecule has 0 aromatic carbocycles. The first kappa shape index (κ1) is 14.3. The fourth-order valence-corrected chi connectivity index (χ4v) is 3.09. The second-order valence-electron chi connectivity index (χ2n) is 6.24. The van der Waals surface area contributed by atoms with Crippen molar-refractivity contribution < 1.29 is 9.59 Å². The van der Waals surface area contributed by atoms with E-state index < -0.39 is 0 Å². The van der Waals surface area contributed by atoms with E-state index in [2.05, 4.69) is 17.6 Å². The third-order valence-corrected chi connectivity index (χ3v) is 4.72. The van der Waals surface area contributed by atoms with Crippen molar-refractivity contribution >= 4 is 11.8 Å². The van der Waals surface area contributed by atoms with Crippen LogP contribution in [0.5, 0.6) is 0 Å². The van der Waals surface area contributed by atoms with E-state index in [-0.39, 0.29) is 29.2 Å². The molecule has 19 heavy (non-hydrogen) atoms. The molecule has 108 valence electrons. The summed E-state index contributed by atoms with van der Waals surface area (Å²) < 4.78 is 0. The van der Waals surface area contributed by atoms with Crippen LogP contribution in [0.25, 0.3) is 0 Å². The monoisotopic (exact) mass is 267 g/mol. The summed E-state index contributed by atoms with van der Waals surface area (Å²) in [7, 11) is 0. The Kier molecular flexibility index (Phi) is 4.45. The summed E-state index contributed by atoms with van der Waals surface area (Å²) in [5.74, 6) is -0.0192. The van der Waals surface area contributed by atoms with Crippen LogP contribution < -0.4 is 16.4 Å². The molecule has 1 saturated carbocycles. The van der Waals surface area contributed by atoms with Gasteiger partial charge in [0.1, 0.15) is 0 Å². The van der Waals surface area contributed by atoms with Crippen LogP contribution in [0.4, 0.5) is 0 Å². The number of carbonyl (C=O) groups excluding carboxylic acids is 2. The van der Waals surface area contributed by atoms with Crippen LogP contribution >= 0.6 is 0 Å². The average Bonchev–Trinajstić information content (AvgIpc) is 2.40. The number of nitrogens with two attached hydrogens (primary N) is 1. The minimum atomic E-state index is -0.230. The van der Waals surface area contributed by atoms with E-state index in [9.17, 15) is 9.59 Å². The average molecular weight is 267 g/mol. The lowest BCUT2D eigenvalue weighted by Gasteiger charge is -2.35. The summed E-state index contributed by atoms with van der Waals surface area (Å²) in [5, 5.41) is 6.46. The number of hydrogen-bond donors (Lipinski definition) is 3. The molecule has 2 amide bonds. The highest BCUT2D eigenvalue weighted by Crippen LogP contribution is 2.30. The summed E-state index contributed by atoms with van der Waals surface area (Å²) in [6, 6.07) is 0.217. The highest BCUT2D eigenvalue weighted by atomic mass is 16.2. The van der Waals surface area contributed by atoms with E-state index in [1.807, 2.05) is 0 Å². The Labute approximate surface area is 114 Å². The van der Waals surface area contributed by atoms with Gasteiger partial charge in [0.15, 0.2) is 0 Å². The van der Waals surface area contributed by atoms with E-state index in [0.29, 0.717) is 0 Å². The quantitative estimate of drug-likeness (QED) is 0.697. The van der Waals surface area contributed by atoms with Gasteiger partial charge in [0.05, 0.1) is 0 Å². The molecule has 1 heterocycles. The second kappa shape index (κ2) is 5.90. The van der Waals surface area contributed by atoms with Gasteiger partial charge in [-0.1, -0.05) is 6.92 Å². The fourth-order valence-electron chi connectivity index (χ4n) is 3.09. The zero-order valence-electron chi connectivity index (χ0n) is 11.7. The third-order valence-electron chi connectivity index (χ3n) is 4.72. The Morgan fingerprint density at radius 2 is 1.74 bits per heavy atom. The molecule has 0 radical (unpaired) electrons. The molecule has 0 atom stereocenters. The van der Waals surface area contributed by atoms with Gasteiger partial charge in [0.2, 0.25) is 11.8 Å². The summed E-state index contributed by atoms with van der Waals surface area (Å²) in [6.07, 6.45) is 5.14. The largest absolute Gasteiger partial charge is 0.369 e. The Bertz CT molecular complexity index is 343. The van der Waals surface area contributed by atoms with Crippen molar-refractivity contribution in [3.05, 3.63) is 0 Å². The zero-order valence-corrected chi connectivity index (χ0v) is 11.7. The van der Waals surface area contributed by atoms with Gasteiger partial charge in [-0.15, -0.1) is 0 Å². The van der Waals surface area contributed by atoms with Gasteiger partial charge in [-0.3, -0.25) is 9.59 Å². The maximum atomic E-state index is 12.4. The molecule has 5 heteroatoms. The first-order valence-electron chi connectivity index (χ1n) is 7.32. The van der Waals surface area contributed by atoms with Crippen molar-refractivity contribution in [3.8, 4) is 0 Å². The van der Waals surface area contributed by atoms with Crippen LogP contribution in [-0.4, -0.2) is 30.9 Å². The van der Waals surface area contributed by atoms with Gasteiger partial charge < -0.3 is 16.4 Å². The molecule has 1 aliphatic heterocycles. The predicted molar refractivity (Wildman–Crippen MR) is 73.3 cm³/mol. The maximum absolute atomic E-state index is 12.4. The number of piperidine rings is 1. The molecule has 0 spiro atoms. The van der Waals surface area contributed by atoms with Gasteiger partial charge in [0, 0.05) is 17.4 Å². The molecule has 5 nitrogen and oxygen atoms in total. The summed E-state index contributed by atoms with van der Waals surface area (Å²) >= 11 is 0. The zero-order chi connectivity index (χ0) is 13.9. The molecule has 1 aliphatic carbocycles. The second-order valence-corrected chi connectivity index (χ2v) is 6.24. The van der Waals surface area contributed by atoms with Crippen LogP contribution in [0.1, 0.15) is 45.4 Å². The lowest BCUT2D eigenvalue weighted by Crippen LogP contribution is -2.49. The summed E-state index contributed by atoms with van der Waals surface area (Å²) in [4.78, 5) is 23.5. The topological polar surface area (TPSA) is 84.2 Å². The molecule has 0 aromatic heterocycles. The van der Waals surface area contributed by atoms with Crippen molar-refractivity contribution in [3.63, 3.8) is 0 Å². The number of nitrogens with one attached hydrogen (secondary N) is 2. The van der Waals surface area contributed by atoms with Crippen molar-refractivity contribution in [1.29, 1.82) is 0 Å². The van der Waals surface area contributed by atoms with Crippen LogP contribution in [0.15, 0.2) is 0 Å². The lowest BCUT2D eigenvalue weighted by atomic mass is 9.79. The highest BCUT2D eigenvalue weighted by Gasteiger charge is 2.36. The minimum absolute atomic E-state index is 0.00243. The highest BCUT2D eigenvalue weighted by molar-refractivity contribution is 5.82. The molecule has 4 N–H and O–H groups in total. The summed E-state index contributed by atoms with van der Waals surface area (Å²) in [5.41, 5.74) is 5.09. The molecule has 0 unspecified atom stereocenters. The standard InChI is InChI=1S/C14H25N3O2/c1-14(6-8-16-9-7-14)13(19)17-11-4-2-10(3-5-11)12(15)18/h10-11,16H,2-9H2,1H3,(H2,15,18)(H,17,19). The smallest absolute Gasteiger partial charge is 0.226 e. The minimum Gasteiger partial charge on any atom is -0.369 e. The van der Waals surface area contributed by atoms with Crippen LogP contribution in [-0.2, 0) is 9.59 Å².